The molecule has 4 aliphatic carbocycles. The third-order valence-corrected chi connectivity index (χ3v) is 15.5. The predicted molar refractivity (Wildman–Crippen MR) is 221 cm³/mol. The molecule has 0 heterocycles. The SMILES string of the molecule is CCCCCCCCCCCCCCCC(=O)OC(COC1CC[C@@]2(C)C(=CCC3C2CC[C@@]2(C)C3CC[C@@H]2[C@H](C)CCCC(C)C)C1)COP(=O)(O)O. The number of unbranched alkanes of at least 4 members (excludes halogenated alkanes) is 12. The van der Waals surface area contributed by atoms with Crippen LogP contribution in [0.15, 0.2) is 11.6 Å². The molecule has 0 aromatic rings. The van der Waals surface area contributed by atoms with Crippen molar-refractivity contribution >= 4 is 13.8 Å². The quantitative estimate of drug-likeness (QED) is 0.0390. The molecule has 7 nitrogen and oxygen atoms in total. The fourth-order valence-corrected chi connectivity index (χ4v) is 12.2. The number of carbonyl (C=O) groups excluding carboxylic acids is 1. The number of esters is 1. The van der Waals surface area contributed by atoms with Crippen molar-refractivity contribution in [3.63, 3.8) is 0 Å². The van der Waals surface area contributed by atoms with Crippen LogP contribution in [0.25, 0.3) is 0 Å². The van der Waals surface area contributed by atoms with Crippen LogP contribution in [0.1, 0.15) is 202 Å². The van der Waals surface area contributed by atoms with Gasteiger partial charge < -0.3 is 19.3 Å². The number of carbonyl (C=O) groups is 1. The highest BCUT2D eigenvalue weighted by Gasteiger charge is 2.59. The second kappa shape index (κ2) is 22.4. The molecule has 9 atom stereocenters. The number of phosphoric acid groups is 1. The minimum Gasteiger partial charge on any atom is -0.457 e. The van der Waals surface area contributed by atoms with E-state index in [1.54, 1.807) is 5.57 Å². The largest absolute Gasteiger partial charge is 0.469 e. The number of hydrogen-bond acceptors (Lipinski definition) is 5. The van der Waals surface area contributed by atoms with Crippen molar-refractivity contribution in [1.29, 1.82) is 0 Å². The lowest BCUT2D eigenvalue weighted by molar-refractivity contribution is -0.156. The molecule has 54 heavy (non-hydrogen) atoms. The summed E-state index contributed by atoms with van der Waals surface area (Å²) in [4.78, 5) is 31.5. The van der Waals surface area contributed by atoms with E-state index in [2.05, 4.69) is 47.6 Å². The van der Waals surface area contributed by atoms with E-state index in [0.717, 1.165) is 74.0 Å². The molecule has 314 valence electrons. The summed E-state index contributed by atoms with van der Waals surface area (Å²) in [6.45, 7) is 14.4. The second-order valence-corrected chi connectivity index (χ2v) is 20.6. The molecule has 5 unspecified atom stereocenters. The Kier molecular flexibility index (Phi) is 19.1. The van der Waals surface area contributed by atoms with Crippen molar-refractivity contribution in [2.75, 3.05) is 13.2 Å². The van der Waals surface area contributed by atoms with Crippen molar-refractivity contribution < 1.29 is 33.1 Å². The van der Waals surface area contributed by atoms with Gasteiger partial charge in [0.25, 0.3) is 0 Å². The first-order valence-electron chi connectivity index (χ1n) is 23.0. The summed E-state index contributed by atoms with van der Waals surface area (Å²) >= 11 is 0. The molecular weight excluding hydrogens is 695 g/mol. The van der Waals surface area contributed by atoms with E-state index in [1.807, 2.05) is 0 Å². The number of phosphoric ester groups is 1. The normalized spacial score (nSPS) is 30.7. The molecule has 0 bridgehead atoms. The Morgan fingerprint density at radius 2 is 1.46 bits per heavy atom. The Morgan fingerprint density at radius 1 is 0.815 bits per heavy atom. The van der Waals surface area contributed by atoms with Gasteiger partial charge in [0.2, 0.25) is 0 Å². The summed E-state index contributed by atoms with van der Waals surface area (Å²) in [5.41, 5.74) is 2.24. The van der Waals surface area contributed by atoms with Crippen molar-refractivity contribution in [3.8, 4) is 0 Å². The van der Waals surface area contributed by atoms with E-state index in [1.165, 1.54) is 116 Å². The lowest BCUT2D eigenvalue weighted by Crippen LogP contribution is -2.51. The van der Waals surface area contributed by atoms with Gasteiger partial charge in [-0.1, -0.05) is 150 Å². The van der Waals surface area contributed by atoms with Crippen LogP contribution in [0, 0.1) is 46.3 Å². The summed E-state index contributed by atoms with van der Waals surface area (Å²) in [7, 11) is -4.70. The third-order valence-electron chi connectivity index (χ3n) is 15.0. The van der Waals surface area contributed by atoms with E-state index < -0.39 is 13.9 Å². The molecule has 0 aromatic carbocycles. The van der Waals surface area contributed by atoms with Crippen LogP contribution in [0.4, 0.5) is 0 Å². The van der Waals surface area contributed by atoms with Crippen molar-refractivity contribution in [1.82, 2.24) is 0 Å². The molecule has 3 fully saturated rings. The number of allylic oxidation sites excluding steroid dienone is 1. The maximum atomic E-state index is 12.8. The molecule has 0 saturated heterocycles. The van der Waals surface area contributed by atoms with Gasteiger partial charge in [-0.15, -0.1) is 0 Å². The lowest BCUT2D eigenvalue weighted by atomic mass is 9.47. The maximum absolute atomic E-state index is 12.8. The fraction of sp³-hybridized carbons (Fsp3) is 0.935. The summed E-state index contributed by atoms with van der Waals surface area (Å²) in [6.07, 6.45) is 31.9. The Bertz CT molecular complexity index is 1180. The van der Waals surface area contributed by atoms with Crippen LogP contribution >= 0.6 is 7.82 Å². The van der Waals surface area contributed by atoms with Crippen LogP contribution in [0.5, 0.6) is 0 Å². The van der Waals surface area contributed by atoms with Crippen LogP contribution in [0.2, 0.25) is 0 Å². The first-order chi connectivity index (χ1) is 25.8. The molecule has 0 aliphatic heterocycles. The highest BCUT2D eigenvalue weighted by Crippen LogP contribution is 2.67. The summed E-state index contributed by atoms with van der Waals surface area (Å²) < 4.78 is 28.4. The highest BCUT2D eigenvalue weighted by molar-refractivity contribution is 7.46. The van der Waals surface area contributed by atoms with Crippen molar-refractivity contribution in [3.05, 3.63) is 11.6 Å². The van der Waals surface area contributed by atoms with Gasteiger partial charge in [-0.3, -0.25) is 9.32 Å². The van der Waals surface area contributed by atoms with Gasteiger partial charge in [0, 0.05) is 6.42 Å². The molecule has 0 radical (unpaired) electrons. The minimum atomic E-state index is -4.70. The zero-order valence-electron chi connectivity index (χ0n) is 35.7. The Hall–Kier alpha value is -0.720. The first kappa shape index (κ1) is 46.0. The summed E-state index contributed by atoms with van der Waals surface area (Å²) in [5.74, 6) is 4.50. The average Bonchev–Trinajstić information content (AvgIpc) is 3.48. The predicted octanol–water partition coefficient (Wildman–Crippen LogP) is 12.9. The average molecular weight is 779 g/mol. The summed E-state index contributed by atoms with van der Waals surface area (Å²) in [6, 6.07) is 0. The number of rotatable bonds is 26. The molecule has 0 amide bonds. The second-order valence-electron chi connectivity index (χ2n) is 19.4. The number of fused-ring (bicyclic) bond motifs is 5. The van der Waals surface area contributed by atoms with Gasteiger partial charge in [-0.25, -0.2) is 4.57 Å². The van der Waals surface area contributed by atoms with Crippen LogP contribution in [0.3, 0.4) is 0 Å². The Balaban J connectivity index is 1.20. The van der Waals surface area contributed by atoms with E-state index in [4.69, 9.17) is 14.0 Å². The van der Waals surface area contributed by atoms with Crippen LogP contribution < -0.4 is 0 Å². The standard InChI is InChI=1S/C46H83O7P/c1-7-8-9-10-11-12-13-14-15-16-17-18-19-23-44(47)53-39(34-52-54(48,49)50)33-51-38-28-30-45(5)37(32-38)24-25-40-42-27-26-41(36(4)22-20-21-35(2)3)46(42,6)31-29-43(40)45/h24,35-36,38-43H,7-23,25-34H2,1-6H3,(H2,48,49,50)/t36-,38?,39?,40?,41-,42?,43?,45+,46-/m1/s1. The number of hydrogen-bond donors (Lipinski definition) is 2. The monoisotopic (exact) mass is 779 g/mol. The van der Waals surface area contributed by atoms with Crippen molar-refractivity contribution in [2.24, 2.45) is 46.3 Å². The first-order valence-corrected chi connectivity index (χ1v) is 24.5. The van der Waals surface area contributed by atoms with Crippen LogP contribution in [-0.4, -0.2) is 41.2 Å². The van der Waals surface area contributed by atoms with Crippen LogP contribution in [-0.2, 0) is 23.4 Å². The molecule has 4 rings (SSSR count). The molecule has 0 aromatic heterocycles. The topological polar surface area (TPSA) is 102 Å². The molecule has 4 aliphatic rings. The zero-order chi connectivity index (χ0) is 39.2. The van der Waals surface area contributed by atoms with Crippen molar-refractivity contribution in [2.45, 2.75) is 214 Å². The Labute approximate surface area is 331 Å². The van der Waals surface area contributed by atoms with E-state index in [0.29, 0.717) is 11.8 Å². The summed E-state index contributed by atoms with van der Waals surface area (Å²) in [5, 5.41) is 0. The third kappa shape index (κ3) is 13.7. The lowest BCUT2D eigenvalue weighted by Gasteiger charge is -2.58. The van der Waals surface area contributed by atoms with Gasteiger partial charge >= 0.3 is 13.8 Å². The maximum Gasteiger partial charge on any atom is 0.469 e. The molecule has 0 spiro atoms. The van der Waals surface area contributed by atoms with Gasteiger partial charge in [-0.2, -0.15) is 0 Å². The smallest absolute Gasteiger partial charge is 0.457 e. The molecule has 3 saturated carbocycles. The minimum absolute atomic E-state index is 0.00889. The zero-order valence-corrected chi connectivity index (χ0v) is 36.6. The highest BCUT2D eigenvalue weighted by atomic mass is 31.2. The molecular formula is C46H83O7P. The van der Waals surface area contributed by atoms with E-state index >= 15 is 0 Å². The van der Waals surface area contributed by atoms with Gasteiger partial charge in [-0.05, 0) is 104 Å². The molecule has 8 heteroatoms. The van der Waals surface area contributed by atoms with E-state index in [9.17, 15) is 19.1 Å². The van der Waals surface area contributed by atoms with Gasteiger partial charge in [0.15, 0.2) is 0 Å². The van der Waals surface area contributed by atoms with Gasteiger partial charge in [0.05, 0.1) is 19.3 Å². The Morgan fingerprint density at radius 3 is 2.09 bits per heavy atom. The number of ether oxygens (including phenoxy) is 2. The molecule has 2 N–H and O–H groups in total. The van der Waals surface area contributed by atoms with Gasteiger partial charge in [0.1, 0.15) is 6.10 Å². The van der Waals surface area contributed by atoms with E-state index in [-0.39, 0.29) is 30.7 Å². The fourth-order valence-electron chi connectivity index (χ4n) is 11.9.